The summed E-state index contributed by atoms with van der Waals surface area (Å²) in [7, 11) is 0. The molecule has 0 aliphatic rings. The fourth-order valence-corrected chi connectivity index (χ4v) is 3.72. The zero-order valence-corrected chi connectivity index (χ0v) is 13.3. The van der Waals surface area contributed by atoms with E-state index in [2.05, 4.69) is 0 Å². The van der Waals surface area contributed by atoms with E-state index in [1.807, 2.05) is 24.3 Å². The number of primary amides is 1. The van der Waals surface area contributed by atoms with Gasteiger partial charge in [0.1, 0.15) is 0 Å². The highest BCUT2D eigenvalue weighted by Gasteiger charge is 2.14. The number of halogens is 2. The van der Waals surface area contributed by atoms with Crippen LogP contribution in [-0.4, -0.2) is 9.74 Å². The van der Waals surface area contributed by atoms with Crippen LogP contribution in [-0.2, 0) is 0 Å². The molecule has 0 aliphatic carbocycles. The van der Waals surface area contributed by atoms with E-state index in [0.717, 1.165) is 9.79 Å². The van der Waals surface area contributed by atoms with E-state index in [1.54, 1.807) is 24.3 Å². The fourth-order valence-electron chi connectivity index (χ4n) is 1.35. The molecule has 0 radical (unpaired) electrons. The molecule has 0 saturated heterocycles. The van der Waals surface area contributed by atoms with Crippen LogP contribution in [0.1, 0.15) is 0 Å². The summed E-state index contributed by atoms with van der Waals surface area (Å²) < 4.78 is 1.37. The molecule has 0 fully saturated rings. The molecular formula is C13H10Cl2N2OS2. The quantitative estimate of drug-likeness (QED) is 0.785. The molecule has 0 bridgehead atoms. The van der Waals surface area contributed by atoms with Gasteiger partial charge in [0, 0.05) is 43.7 Å². The van der Waals surface area contributed by atoms with Crippen molar-refractivity contribution in [1.29, 1.82) is 0 Å². The van der Waals surface area contributed by atoms with Crippen molar-refractivity contribution >= 4 is 53.1 Å². The van der Waals surface area contributed by atoms with Gasteiger partial charge in [-0.2, -0.15) is 3.71 Å². The highest BCUT2D eigenvalue weighted by molar-refractivity contribution is 8.12. The smallest absolute Gasteiger partial charge is 0.335 e. The molecule has 0 aliphatic heterocycles. The summed E-state index contributed by atoms with van der Waals surface area (Å²) in [5.74, 6) is 0. The van der Waals surface area contributed by atoms with E-state index in [4.69, 9.17) is 28.9 Å². The van der Waals surface area contributed by atoms with Crippen LogP contribution >= 0.6 is 47.1 Å². The normalized spacial score (nSPS) is 10.3. The number of hydrogen-bond donors (Lipinski definition) is 1. The van der Waals surface area contributed by atoms with Crippen LogP contribution in [0.25, 0.3) is 0 Å². The van der Waals surface area contributed by atoms with Gasteiger partial charge in [-0.1, -0.05) is 35.3 Å². The maximum absolute atomic E-state index is 11.5. The second kappa shape index (κ2) is 7.13. The third kappa shape index (κ3) is 4.52. The van der Waals surface area contributed by atoms with Crippen LogP contribution in [0.5, 0.6) is 0 Å². The first-order valence-electron chi connectivity index (χ1n) is 5.51. The van der Waals surface area contributed by atoms with Crippen LogP contribution in [0.2, 0.25) is 10.0 Å². The Hall–Kier alpha value is -1.01. The number of nitrogens with two attached hydrogens (primary N) is 1. The molecule has 0 unspecified atom stereocenters. The Morgan fingerprint density at radius 1 is 0.950 bits per heavy atom. The first kappa shape index (κ1) is 15.4. The van der Waals surface area contributed by atoms with Crippen LogP contribution < -0.4 is 5.73 Å². The minimum atomic E-state index is -0.556. The summed E-state index contributed by atoms with van der Waals surface area (Å²) in [4.78, 5) is 13.2. The third-order valence-corrected chi connectivity index (χ3v) is 4.69. The van der Waals surface area contributed by atoms with E-state index in [9.17, 15) is 4.79 Å². The molecule has 104 valence electrons. The lowest BCUT2D eigenvalue weighted by atomic mass is 10.4. The number of benzene rings is 2. The highest BCUT2D eigenvalue weighted by atomic mass is 35.5. The van der Waals surface area contributed by atoms with Crippen molar-refractivity contribution in [1.82, 2.24) is 3.71 Å². The standard InChI is InChI=1S/C13H10Cl2N2OS2/c14-9-3-1-5-11(7-9)19-17(13(16)18)20-12-6-2-4-10(15)8-12/h1-8H,(H2,16,18). The summed E-state index contributed by atoms with van der Waals surface area (Å²) in [5.41, 5.74) is 5.39. The SMILES string of the molecule is NC(=O)N(Sc1cccc(Cl)c1)Sc1cccc(Cl)c1. The van der Waals surface area contributed by atoms with Gasteiger partial charge in [0.25, 0.3) is 0 Å². The topological polar surface area (TPSA) is 46.3 Å². The van der Waals surface area contributed by atoms with Gasteiger partial charge < -0.3 is 5.73 Å². The average Bonchev–Trinajstić information content (AvgIpc) is 2.38. The number of amides is 2. The van der Waals surface area contributed by atoms with Gasteiger partial charge >= 0.3 is 6.03 Å². The molecule has 2 aromatic rings. The molecule has 2 amide bonds. The molecule has 0 saturated carbocycles. The first-order valence-corrected chi connectivity index (χ1v) is 7.81. The van der Waals surface area contributed by atoms with Crippen molar-refractivity contribution in [3.8, 4) is 0 Å². The Morgan fingerprint density at radius 3 is 1.75 bits per heavy atom. The third-order valence-electron chi connectivity index (χ3n) is 2.15. The molecule has 3 nitrogen and oxygen atoms in total. The highest BCUT2D eigenvalue weighted by Crippen LogP contribution is 2.35. The molecule has 0 spiro atoms. The Labute approximate surface area is 135 Å². The maximum Gasteiger partial charge on any atom is 0.335 e. The van der Waals surface area contributed by atoms with E-state index in [1.165, 1.54) is 27.6 Å². The van der Waals surface area contributed by atoms with Gasteiger partial charge in [0.2, 0.25) is 0 Å². The van der Waals surface area contributed by atoms with Crippen LogP contribution in [0.4, 0.5) is 4.79 Å². The molecule has 0 atom stereocenters. The van der Waals surface area contributed by atoms with E-state index >= 15 is 0 Å². The van der Waals surface area contributed by atoms with Crippen molar-refractivity contribution in [3.05, 3.63) is 58.6 Å². The molecule has 2 rings (SSSR count). The molecule has 7 heteroatoms. The predicted octanol–water partition coefficient (Wildman–Crippen LogP) is 5.09. The molecule has 20 heavy (non-hydrogen) atoms. The van der Waals surface area contributed by atoms with Gasteiger partial charge in [0.05, 0.1) is 0 Å². The molecule has 0 aromatic heterocycles. The second-order valence-electron chi connectivity index (χ2n) is 3.69. The van der Waals surface area contributed by atoms with Crippen LogP contribution in [0.3, 0.4) is 0 Å². The minimum Gasteiger partial charge on any atom is -0.350 e. The summed E-state index contributed by atoms with van der Waals surface area (Å²) in [6.07, 6.45) is 0. The lowest BCUT2D eigenvalue weighted by Crippen LogP contribution is -2.23. The number of urea groups is 1. The average molecular weight is 345 g/mol. The second-order valence-corrected chi connectivity index (χ2v) is 6.83. The van der Waals surface area contributed by atoms with Crippen LogP contribution in [0.15, 0.2) is 58.3 Å². The Kier molecular flexibility index (Phi) is 5.48. The summed E-state index contributed by atoms with van der Waals surface area (Å²) in [6.45, 7) is 0. The number of carbonyl (C=O) groups is 1. The summed E-state index contributed by atoms with van der Waals surface area (Å²) in [6, 6.07) is 13.8. The van der Waals surface area contributed by atoms with E-state index < -0.39 is 6.03 Å². The molecule has 0 heterocycles. The first-order chi connectivity index (χ1) is 9.54. The van der Waals surface area contributed by atoms with Gasteiger partial charge in [-0.05, 0) is 36.4 Å². The van der Waals surface area contributed by atoms with Gasteiger partial charge in [-0.3, -0.25) is 0 Å². The zero-order chi connectivity index (χ0) is 14.5. The lowest BCUT2D eigenvalue weighted by Gasteiger charge is -2.17. The van der Waals surface area contributed by atoms with E-state index in [-0.39, 0.29) is 0 Å². The van der Waals surface area contributed by atoms with Crippen molar-refractivity contribution in [3.63, 3.8) is 0 Å². The Balaban J connectivity index is 2.13. The Bertz CT molecular complexity index is 577. The number of nitrogens with zero attached hydrogens (tertiary/aromatic N) is 1. The number of rotatable bonds is 4. The molecular weight excluding hydrogens is 335 g/mol. The number of hydrogen-bond acceptors (Lipinski definition) is 3. The zero-order valence-electron chi connectivity index (χ0n) is 10.1. The predicted molar refractivity (Wildman–Crippen MR) is 86.0 cm³/mol. The lowest BCUT2D eigenvalue weighted by molar-refractivity contribution is 0.246. The van der Waals surface area contributed by atoms with Crippen molar-refractivity contribution < 1.29 is 4.79 Å². The van der Waals surface area contributed by atoms with Crippen molar-refractivity contribution in [2.75, 3.05) is 0 Å². The van der Waals surface area contributed by atoms with Gasteiger partial charge in [-0.25, -0.2) is 4.79 Å². The summed E-state index contributed by atoms with van der Waals surface area (Å²) in [5, 5.41) is 1.21. The largest absolute Gasteiger partial charge is 0.350 e. The monoisotopic (exact) mass is 344 g/mol. The van der Waals surface area contributed by atoms with Gasteiger partial charge in [-0.15, -0.1) is 0 Å². The maximum atomic E-state index is 11.5. The van der Waals surface area contributed by atoms with E-state index in [0.29, 0.717) is 10.0 Å². The fraction of sp³-hybridized carbons (Fsp3) is 0. The van der Waals surface area contributed by atoms with Crippen molar-refractivity contribution in [2.45, 2.75) is 9.79 Å². The van der Waals surface area contributed by atoms with Gasteiger partial charge in [0.15, 0.2) is 0 Å². The molecule has 2 aromatic carbocycles. The number of carbonyl (C=O) groups excluding carboxylic acids is 1. The van der Waals surface area contributed by atoms with Crippen molar-refractivity contribution in [2.24, 2.45) is 5.73 Å². The Morgan fingerprint density at radius 2 is 1.40 bits per heavy atom. The summed E-state index contributed by atoms with van der Waals surface area (Å²) >= 11 is 14.2. The minimum absolute atomic E-state index is 0.556. The molecule has 2 N–H and O–H groups in total. The van der Waals surface area contributed by atoms with Crippen LogP contribution in [0, 0.1) is 0 Å².